The Kier molecular flexibility index (Phi) is 3.77. The normalized spacial score (nSPS) is 10.5. The number of halogens is 2. The van der Waals surface area contributed by atoms with Crippen molar-refractivity contribution in [3.8, 4) is 5.75 Å². The van der Waals surface area contributed by atoms with E-state index in [0.717, 1.165) is 5.56 Å². The number of alkyl halides is 2. The zero-order valence-electron chi connectivity index (χ0n) is 8.59. The summed E-state index contributed by atoms with van der Waals surface area (Å²) in [5.74, 6) is -0.306. The van der Waals surface area contributed by atoms with Crippen molar-refractivity contribution in [3.05, 3.63) is 29.3 Å². The van der Waals surface area contributed by atoms with Crippen molar-refractivity contribution in [2.75, 3.05) is 0 Å². The molecule has 0 heterocycles. The molecule has 0 radical (unpaired) electrons. The van der Waals surface area contributed by atoms with Gasteiger partial charge >= 0.3 is 6.61 Å². The highest BCUT2D eigenvalue weighted by molar-refractivity contribution is 5.98. The average molecular weight is 214 g/mol. The third-order valence-electron chi connectivity index (χ3n) is 2.06. The molecule has 0 unspecified atom stereocenters. The fourth-order valence-electron chi connectivity index (χ4n) is 1.46. The summed E-state index contributed by atoms with van der Waals surface area (Å²) in [7, 11) is 0. The van der Waals surface area contributed by atoms with E-state index < -0.39 is 6.61 Å². The molecule has 1 rings (SSSR count). The molecule has 0 bridgehead atoms. The molecule has 0 aliphatic heterocycles. The van der Waals surface area contributed by atoms with E-state index in [2.05, 4.69) is 4.74 Å². The second-order valence-electron chi connectivity index (χ2n) is 3.08. The van der Waals surface area contributed by atoms with Crippen LogP contribution in [-0.2, 0) is 6.42 Å². The van der Waals surface area contributed by atoms with Gasteiger partial charge in [-0.25, -0.2) is 0 Å². The molecule has 0 spiro atoms. The van der Waals surface area contributed by atoms with Crippen LogP contribution in [-0.4, -0.2) is 12.4 Å². The molecular formula is C11H12F2O2. The van der Waals surface area contributed by atoms with Crippen LogP contribution in [0.3, 0.4) is 0 Å². The minimum Gasteiger partial charge on any atom is -0.434 e. The highest BCUT2D eigenvalue weighted by Gasteiger charge is 2.15. The summed E-state index contributed by atoms with van der Waals surface area (Å²) in [6, 6.07) is 4.71. The Balaban J connectivity index is 3.19. The Morgan fingerprint density at radius 2 is 2.13 bits per heavy atom. The first-order chi connectivity index (χ1) is 7.06. The van der Waals surface area contributed by atoms with Crippen molar-refractivity contribution >= 4 is 5.78 Å². The number of benzene rings is 1. The van der Waals surface area contributed by atoms with Crippen LogP contribution in [0.5, 0.6) is 5.75 Å². The topological polar surface area (TPSA) is 26.3 Å². The van der Waals surface area contributed by atoms with E-state index in [-0.39, 0.29) is 17.1 Å². The predicted molar refractivity (Wildman–Crippen MR) is 52.5 cm³/mol. The monoisotopic (exact) mass is 214 g/mol. The minimum atomic E-state index is -2.91. The molecule has 2 nitrogen and oxygen atoms in total. The Hall–Kier alpha value is -1.45. The molecule has 15 heavy (non-hydrogen) atoms. The van der Waals surface area contributed by atoms with E-state index in [4.69, 9.17) is 0 Å². The van der Waals surface area contributed by atoms with Gasteiger partial charge in [-0.15, -0.1) is 0 Å². The van der Waals surface area contributed by atoms with Crippen molar-refractivity contribution in [1.29, 1.82) is 0 Å². The number of ether oxygens (including phenoxy) is 1. The summed E-state index contributed by atoms with van der Waals surface area (Å²) in [6.45, 7) is 0.288. The lowest BCUT2D eigenvalue weighted by atomic mass is 10.0. The summed E-state index contributed by atoms with van der Waals surface area (Å²) in [4.78, 5) is 11.3. The quantitative estimate of drug-likeness (QED) is 0.720. The Morgan fingerprint density at radius 3 is 2.60 bits per heavy atom. The Labute approximate surface area is 86.9 Å². The number of carbonyl (C=O) groups excluding carboxylic acids is 1. The van der Waals surface area contributed by atoms with Gasteiger partial charge < -0.3 is 4.74 Å². The highest BCUT2D eigenvalue weighted by Crippen LogP contribution is 2.25. The summed E-state index contributed by atoms with van der Waals surface area (Å²) in [6.07, 6.45) is 0.606. The van der Waals surface area contributed by atoms with Crippen LogP contribution in [0.15, 0.2) is 18.2 Å². The van der Waals surface area contributed by atoms with Gasteiger partial charge in [0.2, 0.25) is 0 Å². The fourth-order valence-corrected chi connectivity index (χ4v) is 1.46. The number of aryl methyl sites for hydroxylation is 1. The lowest BCUT2D eigenvalue weighted by Gasteiger charge is -2.11. The molecule has 0 atom stereocenters. The molecule has 0 aliphatic rings. The fraction of sp³-hybridized carbons (Fsp3) is 0.364. The van der Waals surface area contributed by atoms with Crippen LogP contribution in [0.2, 0.25) is 0 Å². The van der Waals surface area contributed by atoms with Crippen molar-refractivity contribution in [1.82, 2.24) is 0 Å². The maximum Gasteiger partial charge on any atom is 0.387 e. The van der Waals surface area contributed by atoms with E-state index in [0.29, 0.717) is 6.42 Å². The first-order valence-electron chi connectivity index (χ1n) is 4.64. The predicted octanol–water partition coefficient (Wildman–Crippen LogP) is 3.05. The van der Waals surface area contributed by atoms with Crippen molar-refractivity contribution in [3.63, 3.8) is 0 Å². The summed E-state index contributed by atoms with van der Waals surface area (Å²) in [5.41, 5.74) is 0.973. The Morgan fingerprint density at radius 1 is 1.47 bits per heavy atom. The van der Waals surface area contributed by atoms with Gasteiger partial charge in [0.25, 0.3) is 0 Å². The zero-order valence-corrected chi connectivity index (χ0v) is 8.59. The lowest BCUT2D eigenvalue weighted by Crippen LogP contribution is -2.08. The molecule has 82 valence electrons. The van der Waals surface area contributed by atoms with Crippen LogP contribution >= 0.6 is 0 Å². The van der Waals surface area contributed by atoms with Gasteiger partial charge in [-0.3, -0.25) is 4.79 Å². The lowest BCUT2D eigenvalue weighted by molar-refractivity contribution is -0.0501. The molecule has 0 N–H and O–H groups in total. The number of carbonyl (C=O) groups is 1. The number of hydrogen-bond donors (Lipinski definition) is 0. The molecule has 0 saturated carbocycles. The van der Waals surface area contributed by atoms with Gasteiger partial charge in [-0.05, 0) is 25.0 Å². The van der Waals surface area contributed by atoms with Crippen LogP contribution < -0.4 is 4.74 Å². The molecule has 0 aliphatic carbocycles. The van der Waals surface area contributed by atoms with Gasteiger partial charge in [-0.1, -0.05) is 19.1 Å². The Bertz CT molecular complexity index is 362. The summed E-state index contributed by atoms with van der Waals surface area (Å²) >= 11 is 0. The minimum absolute atomic E-state index is 0.0446. The third kappa shape index (κ3) is 2.75. The maximum atomic E-state index is 12.1. The van der Waals surface area contributed by atoms with Crippen molar-refractivity contribution in [2.45, 2.75) is 26.9 Å². The molecule has 0 saturated heterocycles. The molecule has 0 fully saturated rings. The SMILES string of the molecule is CCc1cccc(OC(F)F)c1C(C)=O. The van der Waals surface area contributed by atoms with E-state index in [9.17, 15) is 13.6 Å². The van der Waals surface area contributed by atoms with E-state index in [1.807, 2.05) is 6.92 Å². The first kappa shape index (κ1) is 11.6. The highest BCUT2D eigenvalue weighted by atomic mass is 19.3. The second kappa shape index (κ2) is 4.87. The summed E-state index contributed by atoms with van der Waals surface area (Å²) in [5, 5.41) is 0. The number of rotatable bonds is 4. The van der Waals surface area contributed by atoms with Gasteiger partial charge in [0, 0.05) is 0 Å². The largest absolute Gasteiger partial charge is 0.434 e. The van der Waals surface area contributed by atoms with E-state index in [1.54, 1.807) is 12.1 Å². The number of Topliss-reactive ketones (excluding diaryl/α,β-unsaturated/α-hetero) is 1. The van der Waals surface area contributed by atoms with Crippen LogP contribution in [0, 0.1) is 0 Å². The molecule has 0 aromatic heterocycles. The number of hydrogen-bond acceptors (Lipinski definition) is 2. The summed E-state index contributed by atoms with van der Waals surface area (Å²) < 4.78 is 28.4. The maximum absolute atomic E-state index is 12.1. The molecule has 0 amide bonds. The standard InChI is InChI=1S/C11H12F2O2/c1-3-8-5-4-6-9(15-11(12)13)10(8)7(2)14/h4-6,11H,3H2,1-2H3. The molecule has 1 aromatic carbocycles. The first-order valence-corrected chi connectivity index (χ1v) is 4.64. The molecular weight excluding hydrogens is 202 g/mol. The van der Waals surface area contributed by atoms with Gasteiger partial charge in [-0.2, -0.15) is 8.78 Å². The number of ketones is 1. The van der Waals surface area contributed by atoms with Gasteiger partial charge in [0.15, 0.2) is 5.78 Å². The van der Waals surface area contributed by atoms with E-state index in [1.165, 1.54) is 13.0 Å². The van der Waals surface area contributed by atoms with Crippen LogP contribution in [0.1, 0.15) is 29.8 Å². The smallest absolute Gasteiger partial charge is 0.387 e. The second-order valence-corrected chi connectivity index (χ2v) is 3.08. The molecule has 1 aromatic rings. The average Bonchev–Trinajstić information content (AvgIpc) is 2.15. The van der Waals surface area contributed by atoms with Crippen LogP contribution in [0.25, 0.3) is 0 Å². The molecule has 4 heteroatoms. The van der Waals surface area contributed by atoms with Crippen molar-refractivity contribution in [2.24, 2.45) is 0 Å². The van der Waals surface area contributed by atoms with Crippen molar-refractivity contribution < 1.29 is 18.3 Å². The van der Waals surface area contributed by atoms with Crippen LogP contribution in [0.4, 0.5) is 8.78 Å². The van der Waals surface area contributed by atoms with E-state index >= 15 is 0 Å². The third-order valence-corrected chi connectivity index (χ3v) is 2.06. The zero-order chi connectivity index (χ0) is 11.4. The van der Waals surface area contributed by atoms with Gasteiger partial charge in [0.05, 0.1) is 5.56 Å². The van der Waals surface area contributed by atoms with Gasteiger partial charge in [0.1, 0.15) is 5.75 Å².